The van der Waals surface area contributed by atoms with E-state index < -0.39 is 4.92 Å². The second-order valence-electron chi connectivity index (χ2n) is 6.25. The van der Waals surface area contributed by atoms with Gasteiger partial charge >= 0.3 is 5.69 Å². The van der Waals surface area contributed by atoms with Gasteiger partial charge in [-0.05, 0) is 18.2 Å². The first-order valence-electron chi connectivity index (χ1n) is 8.79. The number of halogens is 1. The van der Waals surface area contributed by atoms with E-state index >= 15 is 0 Å². The first-order valence-corrected chi connectivity index (χ1v) is 9.16. The Morgan fingerprint density at radius 1 is 1.14 bits per heavy atom. The van der Waals surface area contributed by atoms with Crippen LogP contribution < -0.4 is 14.7 Å². The third-order valence-electron chi connectivity index (χ3n) is 4.54. The largest absolute Gasteiger partial charge is 0.368 e. The Hall–Kier alpha value is -3.63. The lowest BCUT2D eigenvalue weighted by molar-refractivity contribution is -0.383. The van der Waals surface area contributed by atoms with Crippen LogP contribution in [0.3, 0.4) is 0 Å². The van der Waals surface area contributed by atoms with Crippen molar-refractivity contribution < 1.29 is 4.92 Å². The summed E-state index contributed by atoms with van der Waals surface area (Å²) in [5.74, 6) is 0.159. The lowest BCUT2D eigenvalue weighted by Crippen LogP contribution is -2.47. The number of nitro groups is 1. The molecule has 2 heterocycles. The summed E-state index contributed by atoms with van der Waals surface area (Å²) in [6.45, 7) is 1.93. The van der Waals surface area contributed by atoms with E-state index in [1.54, 1.807) is 6.07 Å². The Labute approximate surface area is 172 Å². The standard InChI is InChI=1S/C18H17ClN8O2/c19-14-2-1-3-15(12-14)24-8-10-26(11-9-24)18-16(27(28)29)17(22-13-23-18)25(6-4-20)7-5-21/h1-3,12-13H,6-11H2. The minimum Gasteiger partial charge on any atom is -0.368 e. The van der Waals surface area contributed by atoms with Gasteiger partial charge in [0, 0.05) is 36.9 Å². The fourth-order valence-corrected chi connectivity index (χ4v) is 3.40. The number of nitriles is 2. The van der Waals surface area contributed by atoms with Gasteiger partial charge in [0.05, 0.1) is 17.1 Å². The van der Waals surface area contributed by atoms with Crippen LogP contribution in [0, 0.1) is 32.8 Å². The molecule has 0 aliphatic carbocycles. The molecule has 0 spiro atoms. The predicted molar refractivity (Wildman–Crippen MR) is 108 cm³/mol. The normalized spacial score (nSPS) is 13.5. The number of nitrogens with zero attached hydrogens (tertiary/aromatic N) is 8. The van der Waals surface area contributed by atoms with Gasteiger partial charge in [-0.2, -0.15) is 10.5 Å². The molecule has 2 aromatic rings. The molecule has 3 rings (SSSR count). The van der Waals surface area contributed by atoms with E-state index in [0.29, 0.717) is 31.2 Å². The number of hydrogen-bond donors (Lipinski definition) is 0. The molecule has 0 N–H and O–H groups in total. The zero-order valence-electron chi connectivity index (χ0n) is 15.4. The Morgan fingerprint density at radius 2 is 1.79 bits per heavy atom. The summed E-state index contributed by atoms with van der Waals surface area (Å²) in [5.41, 5.74) is 0.693. The number of aromatic nitrogens is 2. The summed E-state index contributed by atoms with van der Waals surface area (Å²) in [4.78, 5) is 24.6. The van der Waals surface area contributed by atoms with Crippen LogP contribution in [-0.2, 0) is 0 Å². The molecule has 1 aromatic heterocycles. The molecule has 0 radical (unpaired) electrons. The van der Waals surface area contributed by atoms with Gasteiger partial charge in [-0.1, -0.05) is 17.7 Å². The highest BCUT2D eigenvalue weighted by molar-refractivity contribution is 6.30. The molecule has 148 valence electrons. The number of hydrogen-bond acceptors (Lipinski definition) is 9. The topological polar surface area (TPSA) is 126 Å². The number of anilines is 3. The second kappa shape index (κ2) is 9.04. The summed E-state index contributed by atoms with van der Waals surface area (Å²) in [6, 6.07) is 11.3. The number of piperazine rings is 1. The molecule has 29 heavy (non-hydrogen) atoms. The molecule has 11 heteroatoms. The molecule has 10 nitrogen and oxygen atoms in total. The average Bonchev–Trinajstić information content (AvgIpc) is 2.73. The van der Waals surface area contributed by atoms with Crippen LogP contribution in [0.1, 0.15) is 0 Å². The van der Waals surface area contributed by atoms with Gasteiger partial charge in [-0.15, -0.1) is 0 Å². The summed E-state index contributed by atoms with van der Waals surface area (Å²) in [5, 5.41) is 30.4. The first kappa shape index (κ1) is 20.1. The van der Waals surface area contributed by atoms with E-state index in [-0.39, 0.29) is 30.4 Å². The highest BCUT2D eigenvalue weighted by Crippen LogP contribution is 2.34. The summed E-state index contributed by atoms with van der Waals surface area (Å²) in [6.07, 6.45) is 1.22. The van der Waals surface area contributed by atoms with Crippen molar-refractivity contribution in [3.8, 4) is 12.1 Å². The van der Waals surface area contributed by atoms with Crippen molar-refractivity contribution in [3.05, 3.63) is 45.7 Å². The predicted octanol–water partition coefficient (Wildman–Crippen LogP) is 2.22. The van der Waals surface area contributed by atoms with Crippen LogP contribution in [-0.4, -0.2) is 54.2 Å². The van der Waals surface area contributed by atoms with E-state index in [1.165, 1.54) is 11.2 Å². The molecule has 1 fully saturated rings. The Balaban J connectivity index is 1.86. The zero-order valence-corrected chi connectivity index (χ0v) is 16.2. The molecular formula is C18H17ClN8O2. The molecule has 1 aromatic carbocycles. The van der Waals surface area contributed by atoms with Crippen molar-refractivity contribution in [1.82, 2.24) is 9.97 Å². The molecule has 1 aliphatic heterocycles. The minimum absolute atomic E-state index is 0.0274. The molecular weight excluding hydrogens is 396 g/mol. The van der Waals surface area contributed by atoms with Crippen LogP contribution in [0.2, 0.25) is 5.02 Å². The summed E-state index contributed by atoms with van der Waals surface area (Å²) >= 11 is 6.06. The molecule has 1 saturated heterocycles. The SMILES string of the molecule is N#CCN(CC#N)c1ncnc(N2CCN(c3cccc(Cl)c3)CC2)c1[N+](=O)[O-]. The fraction of sp³-hybridized carbons (Fsp3) is 0.333. The van der Waals surface area contributed by atoms with Crippen LogP contribution in [0.15, 0.2) is 30.6 Å². The zero-order chi connectivity index (χ0) is 20.8. The van der Waals surface area contributed by atoms with E-state index in [4.69, 9.17) is 22.1 Å². The third-order valence-corrected chi connectivity index (χ3v) is 4.78. The fourth-order valence-electron chi connectivity index (χ4n) is 3.21. The van der Waals surface area contributed by atoms with Crippen LogP contribution >= 0.6 is 11.6 Å². The molecule has 0 saturated carbocycles. The van der Waals surface area contributed by atoms with Gasteiger partial charge < -0.3 is 14.7 Å². The number of rotatable bonds is 6. The smallest absolute Gasteiger partial charge is 0.353 e. The van der Waals surface area contributed by atoms with Gasteiger partial charge in [0.1, 0.15) is 19.4 Å². The van der Waals surface area contributed by atoms with Gasteiger partial charge in [-0.3, -0.25) is 10.1 Å². The van der Waals surface area contributed by atoms with Gasteiger partial charge in [0.15, 0.2) is 0 Å². The maximum absolute atomic E-state index is 11.8. The third kappa shape index (κ3) is 4.45. The van der Waals surface area contributed by atoms with Gasteiger partial charge in [0.2, 0.25) is 11.6 Å². The van der Waals surface area contributed by atoms with Crippen LogP contribution in [0.4, 0.5) is 23.0 Å². The van der Waals surface area contributed by atoms with E-state index in [1.807, 2.05) is 35.2 Å². The van der Waals surface area contributed by atoms with Crippen LogP contribution in [0.25, 0.3) is 0 Å². The lowest BCUT2D eigenvalue weighted by atomic mass is 10.2. The van der Waals surface area contributed by atoms with E-state index in [2.05, 4.69) is 14.9 Å². The molecule has 0 amide bonds. The first-order chi connectivity index (χ1) is 14.0. The quantitative estimate of drug-likeness (QED) is 0.398. The van der Waals surface area contributed by atoms with Gasteiger partial charge in [-0.25, -0.2) is 9.97 Å². The Bertz CT molecular complexity index is 963. The van der Waals surface area contributed by atoms with E-state index in [0.717, 1.165) is 5.69 Å². The van der Waals surface area contributed by atoms with Crippen LogP contribution in [0.5, 0.6) is 0 Å². The molecule has 0 unspecified atom stereocenters. The average molecular weight is 413 g/mol. The molecule has 0 bridgehead atoms. The molecule has 1 aliphatic rings. The Kier molecular flexibility index (Phi) is 6.27. The maximum Gasteiger partial charge on any atom is 0.353 e. The number of benzene rings is 1. The minimum atomic E-state index is -0.560. The summed E-state index contributed by atoms with van der Waals surface area (Å²) < 4.78 is 0. The highest BCUT2D eigenvalue weighted by Gasteiger charge is 2.31. The maximum atomic E-state index is 11.8. The van der Waals surface area contributed by atoms with Gasteiger partial charge in [0.25, 0.3) is 0 Å². The second-order valence-corrected chi connectivity index (χ2v) is 6.69. The van der Waals surface area contributed by atoms with Crippen molar-refractivity contribution in [2.24, 2.45) is 0 Å². The molecule has 0 atom stereocenters. The monoisotopic (exact) mass is 412 g/mol. The highest BCUT2D eigenvalue weighted by atomic mass is 35.5. The van der Waals surface area contributed by atoms with Crippen molar-refractivity contribution in [3.63, 3.8) is 0 Å². The van der Waals surface area contributed by atoms with Crippen molar-refractivity contribution in [2.75, 3.05) is 54.0 Å². The Morgan fingerprint density at radius 3 is 2.38 bits per heavy atom. The van der Waals surface area contributed by atoms with E-state index in [9.17, 15) is 10.1 Å². The lowest BCUT2D eigenvalue weighted by Gasteiger charge is -2.36. The van der Waals surface area contributed by atoms with Crippen molar-refractivity contribution in [2.45, 2.75) is 0 Å². The summed E-state index contributed by atoms with van der Waals surface area (Å²) in [7, 11) is 0. The van der Waals surface area contributed by atoms with Crippen molar-refractivity contribution in [1.29, 1.82) is 10.5 Å². The van der Waals surface area contributed by atoms with Crippen molar-refractivity contribution >= 4 is 34.6 Å².